The number of methoxy groups -OCH3 is 4. The number of nitrogens with zero attached hydrogens (tertiary/aromatic N) is 3. The topological polar surface area (TPSA) is 89.9 Å². The minimum Gasteiger partial charge on any atom is -0.497 e. The van der Waals surface area contributed by atoms with Gasteiger partial charge >= 0.3 is 0 Å². The van der Waals surface area contributed by atoms with Gasteiger partial charge in [-0.15, -0.1) is 0 Å². The van der Waals surface area contributed by atoms with E-state index in [-0.39, 0.29) is 38.6 Å². The molecule has 1 atom stereocenters. The molecule has 2 amide bonds. The minimum absolute atomic E-state index is 0.175. The number of hydrogen-bond acceptors (Lipinski definition) is 7. The van der Waals surface area contributed by atoms with Crippen molar-refractivity contribution in [2.45, 2.75) is 12.5 Å². The molecule has 9 nitrogen and oxygen atoms in total. The van der Waals surface area contributed by atoms with Crippen molar-refractivity contribution in [1.82, 2.24) is 9.91 Å². The van der Waals surface area contributed by atoms with Gasteiger partial charge in [-0.1, -0.05) is 18.2 Å². The van der Waals surface area contributed by atoms with E-state index in [1.807, 2.05) is 0 Å². The number of hydrazone groups is 1. The van der Waals surface area contributed by atoms with Crippen molar-refractivity contribution in [3.05, 3.63) is 59.4 Å². The molecule has 0 saturated carbocycles. The monoisotopic (exact) mass is 487 g/mol. The SMILES string of the molecule is COCCN(CC(=O)N1N=C(c2ccc(OC)cc2OC)C[C@@H]1c1ccccc1F)C(=O)COC. The van der Waals surface area contributed by atoms with Crippen LogP contribution in [0.2, 0.25) is 0 Å². The van der Waals surface area contributed by atoms with Crippen LogP contribution in [0.25, 0.3) is 0 Å². The number of rotatable bonds is 11. The Morgan fingerprint density at radius 3 is 2.51 bits per heavy atom. The van der Waals surface area contributed by atoms with Crippen LogP contribution in [-0.4, -0.2) is 82.2 Å². The Hall–Kier alpha value is -3.50. The van der Waals surface area contributed by atoms with Crippen LogP contribution in [0.4, 0.5) is 4.39 Å². The molecule has 0 saturated heterocycles. The summed E-state index contributed by atoms with van der Waals surface area (Å²) < 4.78 is 35.6. The van der Waals surface area contributed by atoms with Crippen LogP contribution >= 0.6 is 0 Å². The maximum absolute atomic E-state index is 14.8. The van der Waals surface area contributed by atoms with E-state index in [0.717, 1.165) is 0 Å². The number of amides is 2. The molecule has 1 aliphatic rings. The molecule has 2 aromatic rings. The first-order valence-electron chi connectivity index (χ1n) is 11.1. The zero-order valence-corrected chi connectivity index (χ0v) is 20.3. The largest absolute Gasteiger partial charge is 0.497 e. The van der Waals surface area contributed by atoms with Crippen LogP contribution in [-0.2, 0) is 19.1 Å². The highest BCUT2D eigenvalue weighted by atomic mass is 19.1. The van der Waals surface area contributed by atoms with Gasteiger partial charge in [0.15, 0.2) is 0 Å². The van der Waals surface area contributed by atoms with Gasteiger partial charge in [-0.3, -0.25) is 9.59 Å². The van der Waals surface area contributed by atoms with Crippen molar-refractivity contribution >= 4 is 17.5 Å². The van der Waals surface area contributed by atoms with Gasteiger partial charge in [0.25, 0.3) is 5.91 Å². The fraction of sp³-hybridized carbons (Fsp3) is 0.400. The zero-order valence-electron chi connectivity index (χ0n) is 20.3. The molecule has 2 aromatic carbocycles. The quantitative estimate of drug-likeness (QED) is 0.484. The average Bonchev–Trinajstić information content (AvgIpc) is 3.31. The maximum atomic E-state index is 14.8. The molecule has 0 aliphatic carbocycles. The number of ether oxygens (including phenoxy) is 4. The molecule has 0 N–H and O–H groups in total. The second kappa shape index (κ2) is 12.3. The lowest BCUT2D eigenvalue weighted by molar-refractivity contribution is -0.144. The summed E-state index contributed by atoms with van der Waals surface area (Å²) >= 11 is 0. The lowest BCUT2D eigenvalue weighted by Crippen LogP contribution is -2.44. The second-order valence-corrected chi connectivity index (χ2v) is 7.83. The molecule has 3 rings (SSSR count). The number of carbonyl (C=O) groups excluding carboxylic acids is 2. The summed E-state index contributed by atoms with van der Waals surface area (Å²) in [6.07, 6.45) is 0.263. The Labute approximate surface area is 204 Å². The van der Waals surface area contributed by atoms with E-state index in [1.54, 1.807) is 43.5 Å². The van der Waals surface area contributed by atoms with Gasteiger partial charge in [-0.25, -0.2) is 9.40 Å². The molecule has 0 aromatic heterocycles. The first-order chi connectivity index (χ1) is 16.9. The number of hydrogen-bond donors (Lipinski definition) is 0. The highest BCUT2D eigenvalue weighted by Crippen LogP contribution is 2.37. The highest BCUT2D eigenvalue weighted by Gasteiger charge is 2.36. The summed E-state index contributed by atoms with van der Waals surface area (Å²) in [5.74, 6) is -0.142. The van der Waals surface area contributed by atoms with Crippen LogP contribution < -0.4 is 9.47 Å². The summed E-state index contributed by atoms with van der Waals surface area (Å²) in [4.78, 5) is 27.3. The normalized spacial score (nSPS) is 15.1. The third kappa shape index (κ3) is 6.14. The van der Waals surface area contributed by atoms with E-state index in [2.05, 4.69) is 5.10 Å². The summed E-state index contributed by atoms with van der Waals surface area (Å²) in [7, 11) is 5.99. The highest BCUT2D eigenvalue weighted by molar-refractivity contribution is 6.05. The number of carbonyl (C=O) groups is 2. The fourth-order valence-electron chi connectivity index (χ4n) is 3.87. The molecule has 10 heteroatoms. The van der Waals surface area contributed by atoms with Gasteiger partial charge in [-0.05, 0) is 18.2 Å². The van der Waals surface area contributed by atoms with Gasteiger partial charge in [0.05, 0.1) is 32.6 Å². The molecule has 1 aliphatic heterocycles. The lowest BCUT2D eigenvalue weighted by atomic mass is 9.97. The van der Waals surface area contributed by atoms with Gasteiger partial charge in [-0.2, -0.15) is 5.10 Å². The van der Waals surface area contributed by atoms with Gasteiger partial charge in [0, 0.05) is 44.4 Å². The van der Waals surface area contributed by atoms with Crippen LogP contribution in [0.5, 0.6) is 11.5 Å². The average molecular weight is 488 g/mol. The van der Waals surface area contributed by atoms with Gasteiger partial charge in [0.1, 0.15) is 30.5 Å². The smallest absolute Gasteiger partial charge is 0.262 e. The first kappa shape index (κ1) is 26.1. The van der Waals surface area contributed by atoms with Crippen LogP contribution in [0.3, 0.4) is 0 Å². The van der Waals surface area contributed by atoms with Crippen molar-refractivity contribution in [2.24, 2.45) is 5.10 Å². The Morgan fingerprint density at radius 2 is 1.86 bits per heavy atom. The van der Waals surface area contributed by atoms with Gasteiger partial charge < -0.3 is 23.8 Å². The van der Waals surface area contributed by atoms with Crippen molar-refractivity contribution in [3.63, 3.8) is 0 Å². The standard InChI is InChI=1S/C25H30FN3O6/c1-32-12-11-28(25(31)16-33-2)15-24(30)29-22(18-7-5-6-8-20(18)26)14-21(27-29)19-10-9-17(34-3)13-23(19)35-4/h5-10,13,22H,11-12,14-16H2,1-4H3/t22-/m1/s1. The van der Waals surface area contributed by atoms with E-state index in [4.69, 9.17) is 18.9 Å². The van der Waals surface area contributed by atoms with E-state index >= 15 is 0 Å². The summed E-state index contributed by atoms with van der Waals surface area (Å²) in [5.41, 5.74) is 1.55. The van der Waals surface area contributed by atoms with Crippen molar-refractivity contribution < 1.29 is 32.9 Å². The first-order valence-corrected chi connectivity index (χ1v) is 11.1. The van der Waals surface area contributed by atoms with E-state index in [9.17, 15) is 14.0 Å². The van der Waals surface area contributed by atoms with Crippen molar-refractivity contribution in [2.75, 3.05) is 54.7 Å². The van der Waals surface area contributed by atoms with Crippen molar-refractivity contribution in [1.29, 1.82) is 0 Å². The van der Waals surface area contributed by atoms with Crippen LogP contribution in [0, 0.1) is 5.82 Å². The maximum Gasteiger partial charge on any atom is 0.262 e. The predicted molar refractivity (Wildman–Crippen MR) is 127 cm³/mol. The molecule has 35 heavy (non-hydrogen) atoms. The number of benzene rings is 2. The van der Waals surface area contributed by atoms with E-state index in [0.29, 0.717) is 28.3 Å². The van der Waals surface area contributed by atoms with Gasteiger partial charge in [0.2, 0.25) is 5.91 Å². The molecular formula is C25H30FN3O6. The minimum atomic E-state index is -0.688. The zero-order chi connectivity index (χ0) is 25.4. The molecular weight excluding hydrogens is 457 g/mol. The molecule has 1 heterocycles. The third-order valence-corrected chi connectivity index (χ3v) is 5.66. The molecule has 0 bridgehead atoms. The molecule has 0 unspecified atom stereocenters. The third-order valence-electron chi connectivity index (χ3n) is 5.66. The van der Waals surface area contributed by atoms with Crippen LogP contribution in [0.1, 0.15) is 23.6 Å². The lowest BCUT2D eigenvalue weighted by Gasteiger charge is -2.27. The molecule has 188 valence electrons. The Balaban J connectivity index is 1.97. The molecule has 0 spiro atoms. The Kier molecular flexibility index (Phi) is 9.16. The summed E-state index contributed by atoms with van der Waals surface area (Å²) in [6, 6.07) is 10.8. The van der Waals surface area contributed by atoms with Crippen molar-refractivity contribution in [3.8, 4) is 11.5 Å². The summed E-state index contributed by atoms with van der Waals surface area (Å²) in [6.45, 7) is 0.0148. The van der Waals surface area contributed by atoms with E-state index < -0.39 is 17.8 Å². The summed E-state index contributed by atoms with van der Waals surface area (Å²) in [5, 5.41) is 5.82. The van der Waals surface area contributed by atoms with E-state index in [1.165, 1.54) is 37.3 Å². The Morgan fingerprint density at radius 1 is 1.09 bits per heavy atom. The molecule has 0 radical (unpaired) electrons. The predicted octanol–water partition coefficient (Wildman–Crippen LogP) is 2.64. The number of halogens is 1. The second-order valence-electron chi connectivity index (χ2n) is 7.83. The van der Waals surface area contributed by atoms with Crippen LogP contribution in [0.15, 0.2) is 47.6 Å². The fourth-order valence-corrected chi connectivity index (χ4v) is 3.87. The molecule has 0 fully saturated rings. The Bertz CT molecular complexity index is 1080.